The Morgan fingerprint density at radius 3 is 2.45 bits per heavy atom. The Balaban J connectivity index is 1.64. The van der Waals surface area contributed by atoms with Crippen molar-refractivity contribution < 1.29 is 22.4 Å². The Labute approximate surface area is 164 Å². The SMILES string of the molecule is Cc1cc2c(cc(C(=O)NCc3ccc(F)cc3)n2Cc2ccc(F)cc2F)o1. The molecular weight excluding hydrogens is 381 g/mol. The van der Waals surface area contributed by atoms with Crippen LogP contribution in [0.5, 0.6) is 0 Å². The van der Waals surface area contributed by atoms with Gasteiger partial charge in [0.2, 0.25) is 0 Å². The van der Waals surface area contributed by atoms with Crippen LogP contribution in [-0.4, -0.2) is 10.5 Å². The lowest BCUT2D eigenvalue weighted by molar-refractivity contribution is 0.0942. The normalized spacial score (nSPS) is 11.2. The number of amides is 1. The van der Waals surface area contributed by atoms with Crippen molar-refractivity contribution >= 4 is 17.0 Å². The molecule has 4 nitrogen and oxygen atoms in total. The maximum atomic E-state index is 14.2. The van der Waals surface area contributed by atoms with E-state index < -0.39 is 11.6 Å². The number of furan rings is 1. The van der Waals surface area contributed by atoms with E-state index in [2.05, 4.69) is 5.32 Å². The lowest BCUT2D eigenvalue weighted by atomic mass is 10.2. The Hall–Kier alpha value is -3.48. The second-order valence-corrected chi connectivity index (χ2v) is 6.77. The van der Waals surface area contributed by atoms with E-state index in [1.54, 1.807) is 35.8 Å². The molecule has 0 aliphatic carbocycles. The van der Waals surface area contributed by atoms with Crippen LogP contribution in [0, 0.1) is 24.4 Å². The first-order valence-corrected chi connectivity index (χ1v) is 8.97. The molecule has 4 aromatic rings. The fourth-order valence-corrected chi connectivity index (χ4v) is 3.22. The van der Waals surface area contributed by atoms with Gasteiger partial charge in [-0.1, -0.05) is 18.2 Å². The van der Waals surface area contributed by atoms with Gasteiger partial charge in [0, 0.05) is 30.3 Å². The van der Waals surface area contributed by atoms with Gasteiger partial charge in [-0.05, 0) is 30.7 Å². The Morgan fingerprint density at radius 1 is 1.00 bits per heavy atom. The number of rotatable bonds is 5. The summed E-state index contributed by atoms with van der Waals surface area (Å²) in [5.41, 5.74) is 2.40. The first-order valence-electron chi connectivity index (χ1n) is 8.97. The van der Waals surface area contributed by atoms with E-state index >= 15 is 0 Å². The molecule has 0 saturated carbocycles. The van der Waals surface area contributed by atoms with E-state index in [-0.39, 0.29) is 36.1 Å². The molecular formula is C22H17F3N2O2. The number of aryl methyl sites for hydroxylation is 1. The van der Waals surface area contributed by atoms with Gasteiger partial charge < -0.3 is 14.3 Å². The molecule has 7 heteroatoms. The number of carbonyl (C=O) groups is 1. The van der Waals surface area contributed by atoms with Crippen molar-refractivity contribution in [2.45, 2.75) is 20.0 Å². The lowest BCUT2D eigenvalue weighted by Crippen LogP contribution is -2.25. The number of fused-ring (bicyclic) bond motifs is 1. The molecule has 148 valence electrons. The van der Waals surface area contributed by atoms with Gasteiger partial charge in [-0.15, -0.1) is 0 Å². The van der Waals surface area contributed by atoms with Crippen LogP contribution in [0.2, 0.25) is 0 Å². The van der Waals surface area contributed by atoms with Crippen LogP contribution in [0.3, 0.4) is 0 Å². The summed E-state index contributed by atoms with van der Waals surface area (Å²) in [6.07, 6.45) is 0. The van der Waals surface area contributed by atoms with E-state index in [1.165, 1.54) is 24.3 Å². The molecule has 0 radical (unpaired) electrons. The zero-order valence-corrected chi connectivity index (χ0v) is 15.5. The number of nitrogens with zero attached hydrogens (tertiary/aromatic N) is 1. The van der Waals surface area contributed by atoms with Crippen LogP contribution in [0.15, 0.2) is 59.0 Å². The minimum absolute atomic E-state index is 0.0356. The summed E-state index contributed by atoms with van der Waals surface area (Å²) in [7, 11) is 0. The van der Waals surface area contributed by atoms with Gasteiger partial charge in [0.15, 0.2) is 5.58 Å². The molecule has 4 rings (SSSR count). The summed E-state index contributed by atoms with van der Waals surface area (Å²) in [6, 6.07) is 12.5. The molecule has 0 saturated heterocycles. The molecule has 0 aliphatic heterocycles. The molecule has 0 spiro atoms. The second-order valence-electron chi connectivity index (χ2n) is 6.77. The highest BCUT2D eigenvalue weighted by atomic mass is 19.1. The number of hydrogen-bond acceptors (Lipinski definition) is 2. The molecule has 0 bridgehead atoms. The van der Waals surface area contributed by atoms with Gasteiger partial charge in [0.05, 0.1) is 12.1 Å². The van der Waals surface area contributed by atoms with Crippen LogP contribution in [0.1, 0.15) is 27.4 Å². The van der Waals surface area contributed by atoms with Crippen molar-refractivity contribution in [2.24, 2.45) is 0 Å². The quantitative estimate of drug-likeness (QED) is 0.518. The van der Waals surface area contributed by atoms with Crippen LogP contribution in [0.25, 0.3) is 11.1 Å². The standard InChI is InChI=1S/C22H17F3N2O2/c1-13-8-19-21(29-13)10-20(22(28)26-11-14-2-5-16(23)6-3-14)27(19)12-15-4-7-17(24)9-18(15)25/h2-10H,11-12H2,1H3,(H,26,28). The summed E-state index contributed by atoms with van der Waals surface area (Å²) >= 11 is 0. The molecule has 0 fully saturated rings. The fraction of sp³-hybridized carbons (Fsp3) is 0.136. The van der Waals surface area contributed by atoms with E-state index in [1.807, 2.05) is 0 Å². The number of aromatic nitrogens is 1. The highest BCUT2D eigenvalue weighted by Crippen LogP contribution is 2.25. The van der Waals surface area contributed by atoms with E-state index in [0.29, 0.717) is 16.9 Å². The summed E-state index contributed by atoms with van der Waals surface area (Å²) in [4.78, 5) is 12.8. The number of benzene rings is 2. The van der Waals surface area contributed by atoms with Gasteiger partial charge in [-0.3, -0.25) is 4.79 Å². The molecule has 0 unspecified atom stereocenters. The zero-order valence-electron chi connectivity index (χ0n) is 15.5. The molecule has 1 N–H and O–H groups in total. The summed E-state index contributed by atoms with van der Waals surface area (Å²) in [6.45, 7) is 2.01. The summed E-state index contributed by atoms with van der Waals surface area (Å²) in [5.74, 6) is -1.45. The predicted octanol–water partition coefficient (Wildman–Crippen LogP) is 4.94. The third-order valence-corrected chi connectivity index (χ3v) is 4.66. The van der Waals surface area contributed by atoms with Crippen molar-refractivity contribution in [1.29, 1.82) is 0 Å². The topological polar surface area (TPSA) is 47.2 Å². The lowest BCUT2D eigenvalue weighted by Gasteiger charge is -2.12. The maximum absolute atomic E-state index is 14.2. The minimum atomic E-state index is -0.690. The van der Waals surface area contributed by atoms with Crippen LogP contribution in [-0.2, 0) is 13.1 Å². The number of hydrogen-bond donors (Lipinski definition) is 1. The highest BCUT2D eigenvalue weighted by molar-refractivity contribution is 5.97. The number of carbonyl (C=O) groups excluding carboxylic acids is 1. The average molecular weight is 398 g/mol. The zero-order chi connectivity index (χ0) is 20.5. The van der Waals surface area contributed by atoms with Gasteiger partial charge in [-0.2, -0.15) is 0 Å². The fourth-order valence-electron chi connectivity index (χ4n) is 3.22. The van der Waals surface area contributed by atoms with Crippen LogP contribution < -0.4 is 5.32 Å². The monoisotopic (exact) mass is 398 g/mol. The first-order chi connectivity index (χ1) is 13.9. The third kappa shape index (κ3) is 3.89. The molecule has 0 aliphatic rings. The van der Waals surface area contributed by atoms with Gasteiger partial charge in [-0.25, -0.2) is 13.2 Å². The predicted molar refractivity (Wildman–Crippen MR) is 102 cm³/mol. The Bertz CT molecular complexity index is 1190. The first kappa shape index (κ1) is 18.9. The average Bonchev–Trinajstić information content (AvgIpc) is 3.20. The van der Waals surface area contributed by atoms with E-state index in [9.17, 15) is 18.0 Å². The molecule has 2 aromatic carbocycles. The number of halogens is 3. The van der Waals surface area contributed by atoms with Crippen molar-refractivity contribution in [1.82, 2.24) is 9.88 Å². The number of nitrogens with one attached hydrogen (secondary N) is 1. The highest BCUT2D eigenvalue weighted by Gasteiger charge is 2.19. The van der Waals surface area contributed by atoms with Crippen molar-refractivity contribution in [3.63, 3.8) is 0 Å². The molecule has 2 heterocycles. The van der Waals surface area contributed by atoms with E-state index in [0.717, 1.165) is 11.6 Å². The third-order valence-electron chi connectivity index (χ3n) is 4.66. The van der Waals surface area contributed by atoms with Crippen LogP contribution in [0.4, 0.5) is 13.2 Å². The second kappa shape index (κ2) is 7.50. The maximum Gasteiger partial charge on any atom is 0.268 e. The summed E-state index contributed by atoms with van der Waals surface area (Å²) < 4.78 is 47.7. The summed E-state index contributed by atoms with van der Waals surface area (Å²) in [5, 5.41) is 2.77. The van der Waals surface area contributed by atoms with Gasteiger partial charge in [0.25, 0.3) is 5.91 Å². The molecule has 1 amide bonds. The molecule has 0 atom stereocenters. The van der Waals surface area contributed by atoms with E-state index in [4.69, 9.17) is 4.42 Å². The van der Waals surface area contributed by atoms with Crippen molar-refractivity contribution in [3.8, 4) is 0 Å². The molecule has 2 aromatic heterocycles. The van der Waals surface area contributed by atoms with Gasteiger partial charge >= 0.3 is 0 Å². The van der Waals surface area contributed by atoms with Crippen LogP contribution >= 0.6 is 0 Å². The largest absolute Gasteiger partial charge is 0.460 e. The van der Waals surface area contributed by atoms with Crippen molar-refractivity contribution in [2.75, 3.05) is 0 Å². The van der Waals surface area contributed by atoms with Gasteiger partial charge in [0.1, 0.15) is 28.9 Å². The van der Waals surface area contributed by atoms with Crippen molar-refractivity contribution in [3.05, 3.63) is 94.6 Å². The molecule has 29 heavy (non-hydrogen) atoms. The minimum Gasteiger partial charge on any atom is -0.460 e. The smallest absolute Gasteiger partial charge is 0.268 e. The Kier molecular flexibility index (Phi) is 4.88. The Morgan fingerprint density at radius 2 is 1.72 bits per heavy atom.